The summed E-state index contributed by atoms with van der Waals surface area (Å²) in [5, 5.41) is 2.39. The predicted octanol–water partition coefficient (Wildman–Crippen LogP) is 2.71. The predicted molar refractivity (Wildman–Crippen MR) is 68.7 cm³/mol. The van der Waals surface area contributed by atoms with Gasteiger partial charge in [-0.1, -0.05) is 29.2 Å². The molecule has 94 valence electrons. The smallest absolute Gasteiger partial charge is 0.316 e. The minimum absolute atomic E-state index is 0.319. The lowest BCUT2D eigenvalue weighted by Crippen LogP contribution is -2.29. The fourth-order valence-electron chi connectivity index (χ4n) is 1.08. The number of hydrogen-bond acceptors (Lipinski definition) is 2. The number of hydrogen-bond donors (Lipinski definition) is 2. The van der Waals surface area contributed by atoms with E-state index in [0.717, 1.165) is 0 Å². The van der Waals surface area contributed by atoms with Crippen molar-refractivity contribution in [1.29, 1.82) is 0 Å². The lowest BCUT2D eigenvalue weighted by atomic mass is 10.2. The normalized spacial score (nSPS) is 14.2. The van der Waals surface area contributed by atoms with Crippen LogP contribution < -0.4 is 15.8 Å². The van der Waals surface area contributed by atoms with E-state index in [1.54, 1.807) is 32.0 Å². The van der Waals surface area contributed by atoms with Crippen molar-refractivity contribution in [3.8, 4) is 5.75 Å². The van der Waals surface area contributed by atoms with Gasteiger partial charge in [0, 0.05) is 17.7 Å². The number of halogens is 1. The van der Waals surface area contributed by atoms with E-state index in [9.17, 15) is 9.18 Å². The van der Waals surface area contributed by atoms with Gasteiger partial charge in [0.05, 0.1) is 0 Å². The summed E-state index contributed by atoms with van der Waals surface area (Å²) >= 11 is 0. The molecule has 0 aliphatic heterocycles. The third-order valence-corrected chi connectivity index (χ3v) is 2.95. The number of urea groups is 1. The molecule has 6 heteroatoms. The van der Waals surface area contributed by atoms with Crippen molar-refractivity contribution in [3.63, 3.8) is 0 Å². The van der Waals surface area contributed by atoms with Crippen LogP contribution in [0.4, 0.5) is 14.9 Å². The Morgan fingerprint density at radius 2 is 2.24 bits per heavy atom. The van der Waals surface area contributed by atoms with E-state index in [0.29, 0.717) is 11.4 Å². The van der Waals surface area contributed by atoms with Gasteiger partial charge >= 0.3 is 6.03 Å². The molecule has 0 fully saturated rings. The van der Waals surface area contributed by atoms with Crippen LogP contribution >= 0.6 is 9.24 Å². The summed E-state index contributed by atoms with van der Waals surface area (Å²) in [6.45, 7) is 3.41. The number of nitrogens with one attached hydrogen (secondary N) is 1. The Morgan fingerprint density at radius 1 is 1.59 bits per heavy atom. The number of ether oxygens (including phenoxy) is 1. The quantitative estimate of drug-likeness (QED) is 0.815. The topological polar surface area (TPSA) is 64.3 Å². The van der Waals surface area contributed by atoms with E-state index in [2.05, 4.69) is 5.32 Å². The van der Waals surface area contributed by atoms with E-state index in [-0.39, 0.29) is 5.92 Å². The second-order valence-electron chi connectivity index (χ2n) is 3.97. The van der Waals surface area contributed by atoms with E-state index < -0.39 is 11.6 Å². The van der Waals surface area contributed by atoms with Crippen LogP contribution in [-0.4, -0.2) is 11.6 Å². The third kappa shape index (κ3) is 4.19. The highest BCUT2D eigenvalue weighted by Crippen LogP contribution is 2.33. The van der Waals surface area contributed by atoms with E-state index >= 15 is 0 Å². The number of rotatable bonds is 4. The van der Waals surface area contributed by atoms with Crippen molar-refractivity contribution in [2.45, 2.75) is 19.4 Å². The van der Waals surface area contributed by atoms with Gasteiger partial charge in [-0.3, -0.25) is 0 Å². The van der Waals surface area contributed by atoms with Crippen molar-refractivity contribution < 1.29 is 13.9 Å². The second kappa shape index (κ2) is 5.32. The van der Waals surface area contributed by atoms with Gasteiger partial charge in [0.2, 0.25) is 0 Å². The number of carbonyl (C=O) groups excluding carboxylic acids is 1. The lowest BCUT2D eigenvalue weighted by Gasteiger charge is -2.25. The molecule has 2 amide bonds. The Bertz CT molecular complexity index is 410. The van der Waals surface area contributed by atoms with Crippen LogP contribution in [0.2, 0.25) is 0 Å². The fraction of sp³-hybridized carbons (Fsp3) is 0.364. The maximum atomic E-state index is 13.9. The zero-order chi connectivity index (χ0) is 13.1. The molecule has 0 aromatic heterocycles. The maximum absolute atomic E-state index is 13.9. The molecule has 1 rings (SSSR count). The summed E-state index contributed by atoms with van der Waals surface area (Å²) in [6, 6.07) is 5.71. The van der Waals surface area contributed by atoms with Gasteiger partial charge in [-0.05, 0) is 12.1 Å². The first kappa shape index (κ1) is 13.7. The zero-order valence-electron chi connectivity index (χ0n) is 9.74. The molecule has 0 bridgehead atoms. The highest BCUT2D eigenvalue weighted by molar-refractivity contribution is 7.18. The van der Waals surface area contributed by atoms with Gasteiger partial charge in [0.1, 0.15) is 5.75 Å². The van der Waals surface area contributed by atoms with Crippen LogP contribution in [0.3, 0.4) is 0 Å². The summed E-state index contributed by atoms with van der Waals surface area (Å²) in [7, 11) is 2.03. The molecule has 1 aromatic rings. The monoisotopic (exact) mass is 258 g/mol. The number of benzene rings is 1. The molecule has 0 radical (unpaired) electrons. The number of carbonyl (C=O) groups is 1. The van der Waals surface area contributed by atoms with Gasteiger partial charge in [-0.2, -0.15) is 4.39 Å². The maximum Gasteiger partial charge on any atom is 0.316 e. The molecule has 4 nitrogen and oxygen atoms in total. The highest BCUT2D eigenvalue weighted by Gasteiger charge is 2.29. The summed E-state index contributed by atoms with van der Waals surface area (Å²) in [4.78, 5) is 10.7. The fourth-order valence-corrected chi connectivity index (χ4v) is 1.21. The molecule has 0 aliphatic carbocycles. The number of amides is 2. The second-order valence-corrected chi connectivity index (χ2v) is 4.76. The first-order chi connectivity index (χ1) is 7.81. The lowest BCUT2D eigenvalue weighted by molar-refractivity contribution is -0.0127. The third-order valence-electron chi connectivity index (χ3n) is 2.16. The van der Waals surface area contributed by atoms with Gasteiger partial charge < -0.3 is 15.8 Å². The molecule has 0 spiro atoms. The molecule has 2 unspecified atom stereocenters. The Kier molecular flexibility index (Phi) is 4.29. The highest BCUT2D eigenvalue weighted by atomic mass is 31.0. The summed E-state index contributed by atoms with van der Waals surface area (Å²) in [6.07, 6.45) is 0. The van der Waals surface area contributed by atoms with Crippen molar-refractivity contribution in [2.24, 2.45) is 11.7 Å². The number of alkyl halides is 1. The van der Waals surface area contributed by atoms with Crippen LogP contribution in [-0.2, 0) is 0 Å². The summed E-state index contributed by atoms with van der Waals surface area (Å²) in [5.41, 5.74) is 3.60. The molecule has 3 N–H and O–H groups in total. The molecule has 1 aromatic carbocycles. The largest absolute Gasteiger partial charge is 0.455 e. The first-order valence-corrected chi connectivity index (χ1v) is 5.72. The van der Waals surface area contributed by atoms with E-state index in [1.807, 2.05) is 9.24 Å². The van der Waals surface area contributed by atoms with Gasteiger partial charge in [-0.25, -0.2) is 4.79 Å². The first-order valence-electron chi connectivity index (χ1n) is 5.14. The standard InChI is InChI=1S/C11H16FN2O2P/c1-7(2)11(12,17)16-9-5-3-4-8(6-9)14-10(13)15/h3-7H,17H2,1-2H3,(H3,13,14,15). The van der Waals surface area contributed by atoms with Gasteiger partial charge in [-0.15, -0.1) is 0 Å². The van der Waals surface area contributed by atoms with Crippen LogP contribution in [0.1, 0.15) is 13.8 Å². The van der Waals surface area contributed by atoms with E-state index in [4.69, 9.17) is 10.5 Å². The van der Waals surface area contributed by atoms with Crippen molar-refractivity contribution in [2.75, 3.05) is 5.32 Å². The molecule has 17 heavy (non-hydrogen) atoms. The molecule has 0 heterocycles. The average Bonchev–Trinajstić information content (AvgIpc) is 2.15. The molecule has 0 saturated heterocycles. The molecule has 0 aliphatic rings. The zero-order valence-corrected chi connectivity index (χ0v) is 10.9. The van der Waals surface area contributed by atoms with Crippen LogP contribution in [0, 0.1) is 5.92 Å². The summed E-state index contributed by atoms with van der Waals surface area (Å²) < 4.78 is 19.1. The number of nitrogens with two attached hydrogens (primary N) is 1. The van der Waals surface area contributed by atoms with Crippen LogP contribution in [0.15, 0.2) is 24.3 Å². The average molecular weight is 258 g/mol. The number of primary amides is 1. The minimum atomic E-state index is -1.84. The van der Waals surface area contributed by atoms with Gasteiger partial charge in [0.15, 0.2) is 0 Å². The van der Waals surface area contributed by atoms with Crippen LogP contribution in [0.5, 0.6) is 5.75 Å². The Balaban J connectivity index is 2.82. The Morgan fingerprint density at radius 3 is 2.76 bits per heavy atom. The molecule has 2 atom stereocenters. The van der Waals surface area contributed by atoms with E-state index in [1.165, 1.54) is 6.07 Å². The Hall–Kier alpha value is -1.35. The SMILES string of the molecule is CC(C)C(F)(P)Oc1cccc(NC(N)=O)c1. The number of anilines is 1. The molecular weight excluding hydrogens is 242 g/mol. The van der Waals surface area contributed by atoms with Crippen molar-refractivity contribution >= 4 is 21.0 Å². The van der Waals surface area contributed by atoms with Crippen molar-refractivity contribution in [1.82, 2.24) is 0 Å². The van der Waals surface area contributed by atoms with Gasteiger partial charge in [0.25, 0.3) is 5.60 Å². The molecule has 0 saturated carbocycles. The van der Waals surface area contributed by atoms with Crippen LogP contribution in [0.25, 0.3) is 0 Å². The molecular formula is C11H16FN2O2P. The minimum Gasteiger partial charge on any atom is -0.455 e. The summed E-state index contributed by atoms with van der Waals surface area (Å²) in [5.74, 6) is 0.00251. The van der Waals surface area contributed by atoms with Crippen molar-refractivity contribution in [3.05, 3.63) is 24.3 Å². The Labute approximate surface area is 102 Å².